The van der Waals surface area contributed by atoms with Crippen LogP contribution < -0.4 is 11.1 Å². The lowest BCUT2D eigenvalue weighted by molar-refractivity contribution is -0.127. The van der Waals surface area contributed by atoms with Gasteiger partial charge in [0.05, 0.1) is 17.2 Å². The Kier molecular flexibility index (Phi) is 9.21. The number of thioether (sulfide) groups is 1. The molecule has 5 nitrogen and oxygen atoms in total. The van der Waals surface area contributed by atoms with Gasteiger partial charge >= 0.3 is 0 Å². The Hall–Kier alpha value is -2.00. The van der Waals surface area contributed by atoms with E-state index in [-0.39, 0.29) is 24.1 Å². The van der Waals surface area contributed by atoms with E-state index >= 15 is 0 Å². The molecule has 2 rings (SSSR count). The van der Waals surface area contributed by atoms with Crippen molar-refractivity contribution in [1.29, 1.82) is 0 Å². The van der Waals surface area contributed by atoms with Crippen LogP contribution in [0.2, 0.25) is 0 Å². The van der Waals surface area contributed by atoms with E-state index in [4.69, 9.17) is 10.5 Å². The predicted molar refractivity (Wildman–Crippen MR) is 132 cm³/mol. The second-order valence-electron chi connectivity index (χ2n) is 7.83. The second-order valence-corrected chi connectivity index (χ2v) is 9.81. The minimum atomic E-state index is -1.22. The maximum absolute atomic E-state index is 14.7. The molecular formula is C24H28BrFN2O3S. The lowest BCUT2D eigenvalue weighted by atomic mass is 9.70. The van der Waals surface area contributed by atoms with Gasteiger partial charge in [-0.25, -0.2) is 4.39 Å². The first-order chi connectivity index (χ1) is 15.0. The van der Waals surface area contributed by atoms with Gasteiger partial charge in [-0.3, -0.25) is 9.59 Å². The molecule has 1 aromatic carbocycles. The molecule has 0 aliphatic carbocycles. The molecule has 0 saturated carbocycles. The Bertz CT molecular complexity index is 963. The van der Waals surface area contributed by atoms with Crippen LogP contribution in [0.15, 0.2) is 76.6 Å². The summed E-state index contributed by atoms with van der Waals surface area (Å²) in [4.78, 5) is 24.6. The number of allylic oxidation sites excluding steroid dienone is 5. The summed E-state index contributed by atoms with van der Waals surface area (Å²) >= 11 is 4.50. The first-order valence-corrected chi connectivity index (χ1v) is 11.8. The summed E-state index contributed by atoms with van der Waals surface area (Å²) in [5.41, 5.74) is 5.05. The molecule has 0 aromatic heterocycles. The Labute approximate surface area is 201 Å². The van der Waals surface area contributed by atoms with Gasteiger partial charge in [0, 0.05) is 21.2 Å². The fraction of sp³-hybridized carbons (Fsp3) is 0.333. The summed E-state index contributed by atoms with van der Waals surface area (Å²) in [5.74, 6) is -0.839. The molecular weight excluding hydrogens is 495 g/mol. The molecule has 1 aromatic rings. The van der Waals surface area contributed by atoms with Gasteiger partial charge in [-0.1, -0.05) is 53.7 Å². The monoisotopic (exact) mass is 522 g/mol. The van der Waals surface area contributed by atoms with E-state index in [1.165, 1.54) is 30.8 Å². The van der Waals surface area contributed by atoms with E-state index in [1.807, 2.05) is 13.0 Å². The van der Waals surface area contributed by atoms with Crippen LogP contribution >= 0.6 is 27.7 Å². The van der Waals surface area contributed by atoms with E-state index in [2.05, 4.69) is 27.8 Å². The number of carbonyl (C=O) groups excluding carboxylic acids is 2. The van der Waals surface area contributed by atoms with Gasteiger partial charge in [0.1, 0.15) is 11.9 Å². The molecule has 0 radical (unpaired) electrons. The molecule has 1 heterocycles. The van der Waals surface area contributed by atoms with Crippen molar-refractivity contribution < 1.29 is 18.7 Å². The Morgan fingerprint density at radius 1 is 1.38 bits per heavy atom. The largest absolute Gasteiger partial charge is 0.367 e. The number of nitrogens with one attached hydrogen (secondary N) is 1. The first kappa shape index (κ1) is 26.3. The molecule has 1 aliphatic rings. The third-order valence-corrected chi connectivity index (χ3v) is 7.15. The number of rotatable bonds is 9. The van der Waals surface area contributed by atoms with Crippen molar-refractivity contribution in [2.24, 2.45) is 11.1 Å². The van der Waals surface area contributed by atoms with E-state index in [9.17, 15) is 14.0 Å². The summed E-state index contributed by atoms with van der Waals surface area (Å²) in [7, 11) is 0. The van der Waals surface area contributed by atoms with E-state index in [0.29, 0.717) is 10.6 Å². The summed E-state index contributed by atoms with van der Waals surface area (Å²) in [5, 5.41) is 3.10. The SMILES string of the molecule is C=C(NC(=O)c1ccccc1)SC[C@]1(N)[C@@H](C(C)=O)OC[C@@]1(C)/C=C(F)/C=C\C(Br)=C/C. The zero-order chi connectivity index (χ0) is 23.9. The molecule has 172 valence electrons. The summed E-state index contributed by atoms with van der Waals surface area (Å²) in [6.07, 6.45) is 5.18. The number of amides is 1. The number of ether oxygens (including phenoxy) is 1. The van der Waals surface area contributed by atoms with Gasteiger partial charge in [0.15, 0.2) is 5.78 Å². The van der Waals surface area contributed by atoms with Crippen LogP contribution in [-0.4, -0.2) is 35.7 Å². The van der Waals surface area contributed by atoms with Gasteiger partial charge in [-0.15, -0.1) is 11.8 Å². The zero-order valence-electron chi connectivity index (χ0n) is 18.4. The van der Waals surface area contributed by atoms with Crippen LogP contribution in [0.5, 0.6) is 0 Å². The highest BCUT2D eigenvalue weighted by Crippen LogP contribution is 2.45. The highest BCUT2D eigenvalue weighted by atomic mass is 79.9. The third-order valence-electron chi connectivity index (χ3n) is 5.36. The van der Waals surface area contributed by atoms with Gasteiger partial charge < -0.3 is 15.8 Å². The summed E-state index contributed by atoms with van der Waals surface area (Å²) < 4.78 is 21.1. The average molecular weight is 523 g/mol. The van der Waals surface area contributed by atoms with Gasteiger partial charge in [-0.05, 0) is 44.2 Å². The molecule has 0 unspecified atom stereocenters. The van der Waals surface area contributed by atoms with Crippen molar-refractivity contribution in [2.45, 2.75) is 32.4 Å². The van der Waals surface area contributed by atoms with Gasteiger partial charge in [0.2, 0.25) is 0 Å². The second kappa shape index (κ2) is 11.2. The highest BCUT2D eigenvalue weighted by molar-refractivity contribution is 9.11. The molecule has 0 bridgehead atoms. The van der Waals surface area contributed by atoms with Crippen molar-refractivity contribution >= 4 is 39.4 Å². The fourth-order valence-corrected chi connectivity index (χ4v) is 4.57. The van der Waals surface area contributed by atoms with E-state index < -0.39 is 22.9 Å². The lowest BCUT2D eigenvalue weighted by Crippen LogP contribution is -2.61. The molecule has 1 aliphatic heterocycles. The normalized spacial score (nSPS) is 26.4. The maximum atomic E-state index is 14.7. The number of ketones is 1. The van der Waals surface area contributed by atoms with Crippen molar-refractivity contribution in [3.05, 3.63) is 82.1 Å². The number of benzene rings is 1. The Morgan fingerprint density at radius 3 is 2.62 bits per heavy atom. The molecule has 32 heavy (non-hydrogen) atoms. The predicted octanol–water partition coefficient (Wildman–Crippen LogP) is 5.02. The number of nitrogens with two attached hydrogens (primary N) is 1. The maximum Gasteiger partial charge on any atom is 0.256 e. The first-order valence-electron chi connectivity index (χ1n) is 9.99. The molecule has 1 saturated heterocycles. The zero-order valence-corrected chi connectivity index (χ0v) is 20.8. The van der Waals surface area contributed by atoms with Crippen LogP contribution in [0, 0.1) is 5.41 Å². The van der Waals surface area contributed by atoms with Crippen LogP contribution in [-0.2, 0) is 9.53 Å². The van der Waals surface area contributed by atoms with Crippen LogP contribution in [0.25, 0.3) is 0 Å². The Balaban J connectivity index is 2.19. The van der Waals surface area contributed by atoms with Crippen molar-refractivity contribution in [2.75, 3.05) is 12.4 Å². The minimum Gasteiger partial charge on any atom is -0.367 e. The minimum absolute atomic E-state index is 0.0865. The molecule has 8 heteroatoms. The van der Waals surface area contributed by atoms with Gasteiger partial charge in [0.25, 0.3) is 5.91 Å². The topological polar surface area (TPSA) is 81.4 Å². The molecule has 0 spiro atoms. The lowest BCUT2D eigenvalue weighted by Gasteiger charge is -2.39. The van der Waals surface area contributed by atoms with Crippen molar-refractivity contribution in [3.8, 4) is 0 Å². The quantitative estimate of drug-likeness (QED) is 0.445. The average Bonchev–Trinajstić information content (AvgIpc) is 3.01. The fourth-order valence-electron chi connectivity index (χ4n) is 3.37. The van der Waals surface area contributed by atoms with Crippen LogP contribution in [0.4, 0.5) is 4.39 Å². The van der Waals surface area contributed by atoms with Crippen LogP contribution in [0.1, 0.15) is 31.1 Å². The smallest absolute Gasteiger partial charge is 0.256 e. The number of halogens is 2. The van der Waals surface area contributed by atoms with E-state index in [0.717, 1.165) is 4.48 Å². The molecule has 3 N–H and O–H groups in total. The van der Waals surface area contributed by atoms with Gasteiger partial charge in [-0.2, -0.15) is 0 Å². The van der Waals surface area contributed by atoms with E-state index in [1.54, 1.807) is 43.3 Å². The Morgan fingerprint density at radius 2 is 2.03 bits per heavy atom. The number of Topliss-reactive ketones (excluding diaryl/α,β-unsaturated/α-hetero) is 1. The highest BCUT2D eigenvalue weighted by Gasteiger charge is 2.57. The summed E-state index contributed by atoms with van der Waals surface area (Å²) in [6, 6.07) is 8.74. The number of carbonyl (C=O) groups is 2. The number of hydrogen-bond acceptors (Lipinski definition) is 5. The molecule has 1 fully saturated rings. The van der Waals surface area contributed by atoms with Crippen LogP contribution in [0.3, 0.4) is 0 Å². The van der Waals surface area contributed by atoms with Crippen molar-refractivity contribution in [3.63, 3.8) is 0 Å². The summed E-state index contributed by atoms with van der Waals surface area (Å²) in [6.45, 7) is 8.96. The molecule has 1 amide bonds. The number of hydrogen-bond donors (Lipinski definition) is 2. The standard InChI is InChI=1S/C24H28BrFN2O3S/c1-5-19(25)11-12-20(26)13-23(4)14-31-21(16(2)29)24(23,27)15-32-17(3)28-22(30)18-9-7-6-8-10-18/h5-13,21H,3,14-15,27H2,1-2,4H3,(H,28,30)/b12-11-,19-5+,20-13-/t21-,23-,24+/m1/s1. The van der Waals surface area contributed by atoms with Crippen molar-refractivity contribution in [1.82, 2.24) is 5.32 Å². The molecule has 3 atom stereocenters. The third kappa shape index (κ3) is 6.28.